The number of benzene rings is 1. The number of anilines is 2. The summed E-state index contributed by atoms with van der Waals surface area (Å²) in [4.78, 5) is 28.1. The number of carbonyl (C=O) groups excluding carboxylic acids is 2. The van der Waals surface area contributed by atoms with Crippen LogP contribution in [-0.2, 0) is 9.53 Å². The van der Waals surface area contributed by atoms with Gasteiger partial charge in [-0.25, -0.2) is 4.79 Å². The molecule has 1 amide bonds. The van der Waals surface area contributed by atoms with E-state index in [4.69, 9.17) is 4.74 Å². The minimum absolute atomic E-state index is 0.0502. The minimum atomic E-state index is -1.27. The van der Waals surface area contributed by atoms with Gasteiger partial charge in [-0.3, -0.25) is 10.2 Å². The third-order valence-corrected chi connectivity index (χ3v) is 6.28. The predicted octanol–water partition coefficient (Wildman–Crippen LogP) is 4.06. The van der Waals surface area contributed by atoms with Gasteiger partial charge in [-0.1, -0.05) is 19.6 Å². The van der Waals surface area contributed by atoms with Crippen LogP contribution in [0.1, 0.15) is 20.8 Å². The maximum Gasteiger partial charge on any atom is 0.412 e. The van der Waals surface area contributed by atoms with Gasteiger partial charge in [-0.2, -0.15) is 0 Å². The normalized spacial score (nSPS) is 17.1. The van der Waals surface area contributed by atoms with Crippen molar-refractivity contribution in [1.29, 1.82) is 0 Å². The molecule has 7 heteroatoms. The van der Waals surface area contributed by atoms with Crippen LogP contribution in [0.25, 0.3) is 0 Å². The second-order valence-electron chi connectivity index (χ2n) is 9.66. The molecule has 1 aliphatic rings. The summed E-state index contributed by atoms with van der Waals surface area (Å²) in [6.45, 7) is 16.0. The summed E-state index contributed by atoms with van der Waals surface area (Å²) in [6, 6.07) is 8.88. The van der Waals surface area contributed by atoms with Crippen molar-refractivity contribution in [2.75, 3.05) is 36.4 Å². The molecule has 1 aromatic carbocycles. The molecule has 0 radical (unpaired) electrons. The van der Waals surface area contributed by atoms with Crippen molar-refractivity contribution >= 4 is 31.8 Å². The van der Waals surface area contributed by atoms with Crippen LogP contribution < -0.4 is 10.2 Å². The fourth-order valence-electron chi connectivity index (χ4n) is 3.38. The Bertz CT molecular complexity index is 657. The van der Waals surface area contributed by atoms with Crippen LogP contribution >= 0.6 is 0 Å². The van der Waals surface area contributed by atoms with Gasteiger partial charge in [0.05, 0.1) is 6.04 Å². The van der Waals surface area contributed by atoms with Crippen LogP contribution in [0, 0.1) is 0 Å². The van der Waals surface area contributed by atoms with Gasteiger partial charge in [-0.15, -0.1) is 0 Å². The quantitative estimate of drug-likeness (QED) is 0.571. The van der Waals surface area contributed by atoms with Crippen molar-refractivity contribution in [3.63, 3.8) is 0 Å². The van der Waals surface area contributed by atoms with E-state index in [1.807, 2.05) is 45.0 Å². The first-order valence-corrected chi connectivity index (χ1v) is 13.7. The van der Waals surface area contributed by atoms with Crippen LogP contribution in [0.2, 0.25) is 25.7 Å². The zero-order chi connectivity index (χ0) is 20.9. The molecule has 0 saturated carbocycles. The number of hydrogen-bond donors (Lipinski definition) is 1. The number of aldehydes is 1. The molecule has 1 heterocycles. The average Bonchev–Trinajstić information content (AvgIpc) is 2.58. The van der Waals surface area contributed by atoms with Gasteiger partial charge >= 0.3 is 6.09 Å². The lowest BCUT2D eigenvalue weighted by Gasteiger charge is -2.39. The second-order valence-corrected chi connectivity index (χ2v) is 15.2. The number of nitrogens with one attached hydrogen (secondary N) is 1. The van der Waals surface area contributed by atoms with Crippen LogP contribution in [-0.4, -0.2) is 63.2 Å². The Kier molecular flexibility index (Phi) is 7.28. The Morgan fingerprint density at radius 3 is 2.18 bits per heavy atom. The summed E-state index contributed by atoms with van der Waals surface area (Å²) < 4.78 is 5.28. The van der Waals surface area contributed by atoms with E-state index >= 15 is 0 Å². The molecule has 6 nitrogen and oxygen atoms in total. The molecule has 0 spiro atoms. The van der Waals surface area contributed by atoms with Crippen LogP contribution in [0.4, 0.5) is 16.2 Å². The van der Waals surface area contributed by atoms with Crippen LogP contribution in [0.15, 0.2) is 24.3 Å². The Balaban J connectivity index is 1.89. The van der Waals surface area contributed by atoms with Gasteiger partial charge in [0.1, 0.15) is 11.9 Å². The van der Waals surface area contributed by atoms with Gasteiger partial charge in [0, 0.05) is 45.6 Å². The maximum absolute atomic E-state index is 11.9. The highest BCUT2D eigenvalue weighted by molar-refractivity contribution is 6.76. The molecule has 1 N–H and O–H groups in total. The van der Waals surface area contributed by atoms with E-state index < -0.39 is 19.8 Å². The Hall–Kier alpha value is -1.86. The molecule has 2 rings (SSSR count). The van der Waals surface area contributed by atoms with E-state index in [2.05, 4.69) is 34.8 Å². The van der Waals surface area contributed by atoms with Gasteiger partial charge < -0.3 is 14.4 Å². The van der Waals surface area contributed by atoms with E-state index in [0.717, 1.165) is 44.2 Å². The summed E-state index contributed by atoms with van der Waals surface area (Å²) >= 11 is 0. The van der Waals surface area contributed by atoms with Crippen LogP contribution in [0.5, 0.6) is 0 Å². The summed E-state index contributed by atoms with van der Waals surface area (Å²) in [5.41, 5.74) is 1.33. The largest absolute Gasteiger partial charge is 0.444 e. The topological polar surface area (TPSA) is 61.9 Å². The average molecular weight is 406 g/mol. The number of rotatable bonds is 6. The lowest BCUT2D eigenvalue weighted by Crippen LogP contribution is -2.52. The van der Waals surface area contributed by atoms with E-state index in [1.54, 1.807) is 0 Å². The summed E-state index contributed by atoms with van der Waals surface area (Å²) in [6.07, 6.45) is 0.682. The number of nitrogens with zero attached hydrogens (tertiary/aromatic N) is 2. The van der Waals surface area contributed by atoms with Crippen molar-refractivity contribution in [3.8, 4) is 0 Å². The lowest BCUT2D eigenvalue weighted by molar-refractivity contribution is -0.112. The molecular formula is C21H35N3O3Si. The highest BCUT2D eigenvalue weighted by Crippen LogP contribution is 2.22. The first-order valence-electron chi connectivity index (χ1n) is 10.0. The summed E-state index contributed by atoms with van der Waals surface area (Å²) in [7, 11) is -1.27. The van der Waals surface area contributed by atoms with Crippen molar-refractivity contribution in [1.82, 2.24) is 4.90 Å². The molecule has 1 aliphatic heterocycles. The molecule has 156 valence electrons. The zero-order valence-electron chi connectivity index (χ0n) is 18.1. The van der Waals surface area contributed by atoms with Crippen LogP contribution in [0.3, 0.4) is 0 Å². The van der Waals surface area contributed by atoms with Crippen molar-refractivity contribution < 1.29 is 14.3 Å². The SMILES string of the molecule is CC(C)(C)OC(=O)Nc1ccc(N2CCN(C(C=O)C[Si](C)(C)C)CC2)cc1. The Morgan fingerprint density at radius 1 is 1.14 bits per heavy atom. The number of ether oxygens (including phenoxy) is 1. The second kappa shape index (κ2) is 9.09. The first-order chi connectivity index (χ1) is 13.0. The fraction of sp³-hybridized carbons (Fsp3) is 0.619. The highest BCUT2D eigenvalue weighted by Gasteiger charge is 2.28. The Morgan fingerprint density at radius 2 is 1.71 bits per heavy atom. The third-order valence-electron chi connectivity index (χ3n) is 4.64. The first kappa shape index (κ1) is 22.4. The third kappa shape index (κ3) is 7.28. The number of amides is 1. The maximum atomic E-state index is 11.9. The van der Waals surface area contributed by atoms with Gasteiger partial charge in [0.15, 0.2) is 0 Å². The van der Waals surface area contributed by atoms with E-state index in [1.165, 1.54) is 0 Å². The van der Waals surface area contributed by atoms with Crippen molar-refractivity contribution in [2.45, 2.75) is 58.1 Å². The summed E-state index contributed by atoms with van der Waals surface area (Å²) in [5.74, 6) is 0. The standard InChI is InChI=1S/C21H35N3O3Si/c1-21(2,3)27-20(26)22-17-7-9-18(10-8-17)23-11-13-24(14-12-23)19(15-25)16-28(4,5)6/h7-10,15,19H,11-14,16H2,1-6H3,(H,22,26). The molecule has 0 bridgehead atoms. The molecule has 1 fully saturated rings. The molecule has 0 aliphatic carbocycles. The van der Waals surface area contributed by atoms with Crippen molar-refractivity contribution in [2.24, 2.45) is 0 Å². The molecule has 1 saturated heterocycles. The number of hydrogen-bond acceptors (Lipinski definition) is 5. The highest BCUT2D eigenvalue weighted by atomic mass is 28.3. The van der Waals surface area contributed by atoms with Gasteiger partial charge in [0.2, 0.25) is 0 Å². The predicted molar refractivity (Wildman–Crippen MR) is 118 cm³/mol. The minimum Gasteiger partial charge on any atom is -0.444 e. The van der Waals surface area contributed by atoms with Gasteiger partial charge in [0.25, 0.3) is 0 Å². The van der Waals surface area contributed by atoms with E-state index in [9.17, 15) is 9.59 Å². The number of carbonyl (C=O) groups is 2. The van der Waals surface area contributed by atoms with Crippen molar-refractivity contribution in [3.05, 3.63) is 24.3 Å². The molecule has 1 aromatic rings. The Labute approximate surface area is 170 Å². The molecule has 1 unspecified atom stereocenters. The smallest absolute Gasteiger partial charge is 0.412 e. The fourth-order valence-corrected chi connectivity index (χ4v) is 4.99. The molecule has 0 aromatic heterocycles. The molecular weight excluding hydrogens is 370 g/mol. The molecule has 1 atom stereocenters. The van der Waals surface area contributed by atoms with E-state index in [-0.39, 0.29) is 6.04 Å². The number of piperazine rings is 1. The van der Waals surface area contributed by atoms with Gasteiger partial charge in [-0.05, 0) is 51.1 Å². The molecule has 28 heavy (non-hydrogen) atoms. The zero-order valence-corrected chi connectivity index (χ0v) is 19.1. The monoisotopic (exact) mass is 405 g/mol. The van der Waals surface area contributed by atoms with E-state index in [0.29, 0.717) is 5.69 Å². The summed E-state index contributed by atoms with van der Waals surface area (Å²) in [5, 5.41) is 2.76. The lowest BCUT2D eigenvalue weighted by atomic mass is 10.2.